The summed E-state index contributed by atoms with van der Waals surface area (Å²) in [7, 11) is 0. The van der Waals surface area contributed by atoms with Gasteiger partial charge in [0.25, 0.3) is 0 Å². The van der Waals surface area contributed by atoms with Crippen LogP contribution < -0.4 is 0 Å². The maximum Gasteiger partial charge on any atom is 0.335 e. The van der Waals surface area contributed by atoms with Crippen LogP contribution in [0.5, 0.6) is 0 Å². The highest BCUT2D eigenvalue weighted by Crippen LogP contribution is 2.20. The van der Waals surface area contributed by atoms with Crippen molar-refractivity contribution >= 4 is 5.97 Å². The molecule has 0 atom stereocenters. The van der Waals surface area contributed by atoms with Gasteiger partial charge in [-0.2, -0.15) is 0 Å². The van der Waals surface area contributed by atoms with E-state index in [0.29, 0.717) is 5.56 Å². The van der Waals surface area contributed by atoms with Gasteiger partial charge in [0.15, 0.2) is 0 Å². The maximum atomic E-state index is 10.9. The summed E-state index contributed by atoms with van der Waals surface area (Å²) >= 11 is 0. The van der Waals surface area contributed by atoms with E-state index in [1.54, 1.807) is 12.1 Å². The van der Waals surface area contributed by atoms with Crippen molar-refractivity contribution in [3.63, 3.8) is 0 Å². The molecule has 0 amide bonds. The fraction of sp³-hybridized carbons (Fsp3) is 0. The van der Waals surface area contributed by atoms with E-state index in [9.17, 15) is 4.79 Å². The van der Waals surface area contributed by atoms with Gasteiger partial charge >= 0.3 is 5.97 Å². The van der Waals surface area contributed by atoms with E-state index in [2.05, 4.69) is 11.8 Å². The van der Waals surface area contributed by atoms with Gasteiger partial charge in [0, 0.05) is 11.1 Å². The summed E-state index contributed by atoms with van der Waals surface area (Å²) in [6.45, 7) is 0. The van der Waals surface area contributed by atoms with Gasteiger partial charge in [0.05, 0.1) is 5.56 Å². The Kier molecular flexibility index (Phi) is 4.22. The number of carbonyl (C=O) groups is 1. The third-order valence-corrected chi connectivity index (χ3v) is 3.48. The van der Waals surface area contributed by atoms with Crippen LogP contribution in [0, 0.1) is 11.8 Å². The topological polar surface area (TPSA) is 37.3 Å². The summed E-state index contributed by atoms with van der Waals surface area (Å²) in [6.07, 6.45) is 0. The van der Waals surface area contributed by atoms with Gasteiger partial charge in [-0.3, -0.25) is 0 Å². The Morgan fingerprint density at radius 3 is 1.65 bits per heavy atom. The zero-order valence-corrected chi connectivity index (χ0v) is 12.4. The minimum Gasteiger partial charge on any atom is -0.478 e. The Balaban J connectivity index is 1.79. The first-order chi connectivity index (χ1) is 11.2. The predicted molar refractivity (Wildman–Crippen MR) is 91.3 cm³/mol. The molecule has 0 aromatic heterocycles. The molecule has 0 aliphatic rings. The summed E-state index contributed by atoms with van der Waals surface area (Å²) in [5, 5.41) is 8.92. The zero-order valence-electron chi connectivity index (χ0n) is 12.4. The van der Waals surface area contributed by atoms with Crippen LogP contribution in [-0.4, -0.2) is 11.1 Å². The minimum atomic E-state index is -0.914. The van der Waals surface area contributed by atoms with Crippen LogP contribution in [0.2, 0.25) is 0 Å². The Labute approximate surface area is 135 Å². The van der Waals surface area contributed by atoms with Crippen molar-refractivity contribution in [3.8, 4) is 23.0 Å². The first-order valence-corrected chi connectivity index (χ1v) is 7.23. The lowest BCUT2D eigenvalue weighted by Crippen LogP contribution is -1.94. The standard InChI is InChI=1S/C21H14O2/c22-21(23)20-14-12-19(13-15-20)18-10-8-17(9-11-18)7-6-16-4-2-1-3-5-16/h1-5,8-15H,(H,22,23). The SMILES string of the molecule is O=C(O)c1ccc(-c2ccc(C#Cc3ccccc3)cc2)cc1. The number of rotatable bonds is 2. The molecule has 0 spiro atoms. The molecule has 2 nitrogen and oxygen atoms in total. The molecule has 0 radical (unpaired) electrons. The minimum absolute atomic E-state index is 0.291. The lowest BCUT2D eigenvalue weighted by atomic mass is 10.0. The van der Waals surface area contributed by atoms with Crippen LogP contribution in [0.3, 0.4) is 0 Å². The molecular formula is C21H14O2. The van der Waals surface area contributed by atoms with E-state index >= 15 is 0 Å². The summed E-state index contributed by atoms with van der Waals surface area (Å²) in [6, 6.07) is 24.6. The molecule has 3 aromatic carbocycles. The Bertz CT molecular complexity index is 865. The number of aromatic carboxylic acids is 1. The van der Waals surface area contributed by atoms with Gasteiger partial charge in [0.1, 0.15) is 0 Å². The summed E-state index contributed by atoms with van der Waals surface area (Å²) in [5.41, 5.74) is 4.24. The molecule has 110 valence electrons. The number of carboxylic acid groups (broad SMARTS) is 1. The van der Waals surface area contributed by atoms with Gasteiger partial charge in [-0.25, -0.2) is 4.79 Å². The smallest absolute Gasteiger partial charge is 0.335 e. The monoisotopic (exact) mass is 298 g/mol. The quantitative estimate of drug-likeness (QED) is 0.710. The van der Waals surface area contributed by atoms with E-state index in [1.807, 2.05) is 66.7 Å². The molecule has 0 aliphatic heterocycles. The van der Waals surface area contributed by atoms with Crippen molar-refractivity contribution in [2.24, 2.45) is 0 Å². The van der Waals surface area contributed by atoms with Crippen molar-refractivity contribution in [3.05, 3.63) is 95.6 Å². The average molecular weight is 298 g/mol. The number of carboxylic acids is 1. The highest BCUT2D eigenvalue weighted by atomic mass is 16.4. The Morgan fingerprint density at radius 1 is 0.652 bits per heavy atom. The van der Waals surface area contributed by atoms with E-state index in [1.165, 1.54) is 0 Å². The largest absolute Gasteiger partial charge is 0.478 e. The molecular weight excluding hydrogens is 284 g/mol. The van der Waals surface area contributed by atoms with Gasteiger partial charge in [-0.15, -0.1) is 0 Å². The van der Waals surface area contributed by atoms with Gasteiger partial charge in [-0.05, 0) is 47.5 Å². The van der Waals surface area contributed by atoms with Crippen LogP contribution in [-0.2, 0) is 0 Å². The fourth-order valence-electron chi connectivity index (χ4n) is 2.22. The van der Waals surface area contributed by atoms with E-state index < -0.39 is 5.97 Å². The van der Waals surface area contributed by atoms with Gasteiger partial charge in [-0.1, -0.05) is 54.3 Å². The van der Waals surface area contributed by atoms with Crippen molar-refractivity contribution in [2.45, 2.75) is 0 Å². The number of hydrogen-bond donors (Lipinski definition) is 1. The molecule has 0 aliphatic carbocycles. The van der Waals surface area contributed by atoms with Crippen molar-refractivity contribution in [2.75, 3.05) is 0 Å². The summed E-state index contributed by atoms with van der Waals surface area (Å²) < 4.78 is 0. The maximum absolute atomic E-state index is 10.9. The first-order valence-electron chi connectivity index (χ1n) is 7.23. The third-order valence-electron chi connectivity index (χ3n) is 3.48. The molecule has 3 aromatic rings. The second-order valence-electron chi connectivity index (χ2n) is 5.08. The number of hydrogen-bond acceptors (Lipinski definition) is 1. The third kappa shape index (κ3) is 3.66. The lowest BCUT2D eigenvalue weighted by Gasteiger charge is -2.02. The molecule has 2 heteroatoms. The van der Waals surface area contributed by atoms with Crippen LogP contribution >= 0.6 is 0 Å². The highest BCUT2D eigenvalue weighted by Gasteiger charge is 2.03. The number of benzene rings is 3. The Morgan fingerprint density at radius 2 is 1.13 bits per heavy atom. The van der Waals surface area contributed by atoms with E-state index in [-0.39, 0.29) is 0 Å². The summed E-state index contributed by atoms with van der Waals surface area (Å²) in [5.74, 6) is 5.35. The van der Waals surface area contributed by atoms with Gasteiger partial charge < -0.3 is 5.11 Å². The molecule has 1 N–H and O–H groups in total. The van der Waals surface area contributed by atoms with Crippen molar-refractivity contribution in [1.29, 1.82) is 0 Å². The molecule has 3 rings (SSSR count). The molecule has 0 bridgehead atoms. The van der Waals surface area contributed by atoms with E-state index in [4.69, 9.17) is 5.11 Å². The fourth-order valence-corrected chi connectivity index (χ4v) is 2.22. The van der Waals surface area contributed by atoms with Crippen molar-refractivity contribution in [1.82, 2.24) is 0 Å². The molecule has 0 saturated carbocycles. The average Bonchev–Trinajstić information content (AvgIpc) is 2.61. The zero-order chi connectivity index (χ0) is 16.1. The molecule has 0 unspecified atom stereocenters. The lowest BCUT2D eigenvalue weighted by molar-refractivity contribution is 0.0697. The molecule has 23 heavy (non-hydrogen) atoms. The van der Waals surface area contributed by atoms with Gasteiger partial charge in [0.2, 0.25) is 0 Å². The van der Waals surface area contributed by atoms with Crippen LogP contribution in [0.1, 0.15) is 21.5 Å². The summed E-state index contributed by atoms with van der Waals surface area (Å²) in [4.78, 5) is 10.9. The molecule has 0 heterocycles. The van der Waals surface area contributed by atoms with Crippen LogP contribution in [0.4, 0.5) is 0 Å². The van der Waals surface area contributed by atoms with Crippen LogP contribution in [0.15, 0.2) is 78.9 Å². The molecule has 0 saturated heterocycles. The van der Waals surface area contributed by atoms with Crippen molar-refractivity contribution < 1.29 is 9.90 Å². The second kappa shape index (κ2) is 6.64. The van der Waals surface area contributed by atoms with Crippen LogP contribution in [0.25, 0.3) is 11.1 Å². The second-order valence-corrected chi connectivity index (χ2v) is 5.08. The predicted octanol–water partition coefficient (Wildman–Crippen LogP) is 4.45. The normalized spacial score (nSPS) is 9.74. The molecule has 0 fully saturated rings. The Hall–Kier alpha value is -3.31. The highest BCUT2D eigenvalue weighted by molar-refractivity contribution is 5.88. The first kappa shape index (κ1) is 14.6. The van der Waals surface area contributed by atoms with E-state index in [0.717, 1.165) is 22.3 Å².